The van der Waals surface area contributed by atoms with Gasteiger partial charge in [-0.3, -0.25) is 4.79 Å². The van der Waals surface area contributed by atoms with Crippen LogP contribution in [0, 0.1) is 6.92 Å². The van der Waals surface area contributed by atoms with Gasteiger partial charge in [0.25, 0.3) is 5.91 Å². The van der Waals surface area contributed by atoms with Crippen LogP contribution in [0.25, 0.3) is 0 Å². The molecule has 0 saturated carbocycles. The minimum Gasteiger partial charge on any atom is -0.495 e. The molecule has 1 amide bonds. The van der Waals surface area contributed by atoms with E-state index in [1.54, 1.807) is 37.3 Å². The van der Waals surface area contributed by atoms with Gasteiger partial charge in [-0.15, -0.1) is 10.2 Å². The van der Waals surface area contributed by atoms with E-state index >= 15 is 0 Å². The van der Waals surface area contributed by atoms with Gasteiger partial charge in [0, 0.05) is 24.7 Å². The van der Waals surface area contributed by atoms with E-state index in [0.717, 1.165) is 16.8 Å². The largest absolute Gasteiger partial charge is 0.495 e. The lowest BCUT2D eigenvalue weighted by atomic mass is 10.2. The summed E-state index contributed by atoms with van der Waals surface area (Å²) in [6, 6.07) is 16.8. The van der Waals surface area contributed by atoms with E-state index in [1.165, 1.54) is 0 Å². The minimum absolute atomic E-state index is 0.192. The third kappa shape index (κ3) is 4.58. The van der Waals surface area contributed by atoms with Crippen LogP contribution in [0.2, 0.25) is 5.02 Å². The van der Waals surface area contributed by atoms with Crippen LogP contribution in [0.1, 0.15) is 21.6 Å². The van der Waals surface area contributed by atoms with Crippen molar-refractivity contribution in [3.05, 3.63) is 76.4 Å². The Labute approximate surface area is 169 Å². The number of nitrogens with one attached hydrogen (secondary N) is 1. The lowest BCUT2D eigenvalue weighted by Crippen LogP contribution is -2.27. The van der Waals surface area contributed by atoms with E-state index in [1.807, 2.05) is 43.3 Å². The molecule has 6 nitrogen and oxygen atoms in total. The first-order chi connectivity index (χ1) is 13.5. The van der Waals surface area contributed by atoms with Gasteiger partial charge in [0.15, 0.2) is 11.5 Å². The summed E-state index contributed by atoms with van der Waals surface area (Å²) in [5.74, 6) is 0.908. The molecule has 28 heavy (non-hydrogen) atoms. The Morgan fingerprint density at radius 3 is 2.54 bits per heavy atom. The maximum Gasteiger partial charge on any atom is 0.274 e. The van der Waals surface area contributed by atoms with E-state index in [0.29, 0.717) is 23.1 Å². The fourth-order valence-corrected chi connectivity index (χ4v) is 2.86. The Bertz CT molecular complexity index is 962. The summed E-state index contributed by atoms with van der Waals surface area (Å²) in [5.41, 5.74) is 2.96. The molecule has 2 aromatic carbocycles. The summed E-state index contributed by atoms with van der Waals surface area (Å²) >= 11 is 6.13. The van der Waals surface area contributed by atoms with Crippen molar-refractivity contribution in [3.8, 4) is 5.75 Å². The van der Waals surface area contributed by atoms with Gasteiger partial charge >= 0.3 is 0 Å². The van der Waals surface area contributed by atoms with Gasteiger partial charge in [0.05, 0.1) is 12.8 Å². The molecule has 0 aliphatic rings. The van der Waals surface area contributed by atoms with Gasteiger partial charge in [-0.1, -0.05) is 41.9 Å². The van der Waals surface area contributed by atoms with Crippen LogP contribution in [0.4, 0.5) is 11.5 Å². The van der Waals surface area contributed by atoms with Crippen molar-refractivity contribution in [3.63, 3.8) is 0 Å². The van der Waals surface area contributed by atoms with Crippen molar-refractivity contribution in [2.45, 2.75) is 13.5 Å². The topological polar surface area (TPSA) is 67.3 Å². The van der Waals surface area contributed by atoms with Crippen molar-refractivity contribution in [2.24, 2.45) is 0 Å². The van der Waals surface area contributed by atoms with E-state index in [-0.39, 0.29) is 11.6 Å². The Morgan fingerprint density at radius 2 is 1.89 bits per heavy atom. The third-order valence-electron chi connectivity index (χ3n) is 4.24. The van der Waals surface area contributed by atoms with Gasteiger partial charge in [-0.05, 0) is 36.2 Å². The summed E-state index contributed by atoms with van der Waals surface area (Å²) < 4.78 is 5.35. The lowest BCUT2D eigenvalue weighted by molar-refractivity contribution is 0.0778. The number of carbonyl (C=O) groups excluding carboxylic acids is 1. The normalized spacial score (nSPS) is 10.4. The van der Waals surface area contributed by atoms with Gasteiger partial charge < -0.3 is 15.0 Å². The van der Waals surface area contributed by atoms with Crippen molar-refractivity contribution in [1.29, 1.82) is 0 Å². The monoisotopic (exact) mass is 396 g/mol. The van der Waals surface area contributed by atoms with Crippen LogP contribution >= 0.6 is 11.6 Å². The van der Waals surface area contributed by atoms with Crippen LogP contribution < -0.4 is 10.1 Å². The Kier molecular flexibility index (Phi) is 6.11. The molecule has 1 aromatic heterocycles. The molecule has 0 bridgehead atoms. The molecule has 0 aliphatic heterocycles. The number of carbonyl (C=O) groups is 1. The fourth-order valence-electron chi connectivity index (χ4n) is 2.71. The summed E-state index contributed by atoms with van der Waals surface area (Å²) in [5, 5.41) is 11.9. The van der Waals surface area contributed by atoms with Crippen molar-refractivity contribution in [1.82, 2.24) is 15.1 Å². The molecule has 1 heterocycles. The van der Waals surface area contributed by atoms with Crippen molar-refractivity contribution in [2.75, 3.05) is 19.5 Å². The number of halogens is 1. The molecular weight excluding hydrogens is 376 g/mol. The second kappa shape index (κ2) is 8.71. The molecule has 0 atom stereocenters. The molecule has 3 aromatic rings. The zero-order valence-electron chi connectivity index (χ0n) is 15.9. The summed E-state index contributed by atoms with van der Waals surface area (Å²) in [6.07, 6.45) is 0. The van der Waals surface area contributed by atoms with Crippen LogP contribution in [0.3, 0.4) is 0 Å². The average Bonchev–Trinajstić information content (AvgIpc) is 2.71. The molecule has 144 valence electrons. The van der Waals surface area contributed by atoms with Gasteiger partial charge in [0.2, 0.25) is 0 Å². The van der Waals surface area contributed by atoms with E-state index in [9.17, 15) is 4.79 Å². The SMILES string of the molecule is COc1cc(Cl)c(C)cc1Nc1ccc(C(=O)N(C)Cc2ccccc2)nn1. The zero-order chi connectivity index (χ0) is 20.1. The number of aromatic nitrogens is 2. The first-order valence-electron chi connectivity index (χ1n) is 8.72. The van der Waals surface area contributed by atoms with Gasteiger partial charge in [-0.25, -0.2) is 0 Å². The van der Waals surface area contributed by atoms with E-state index in [4.69, 9.17) is 16.3 Å². The first kappa shape index (κ1) is 19.6. The fraction of sp³-hybridized carbons (Fsp3) is 0.190. The molecule has 3 rings (SSSR count). The molecule has 0 saturated heterocycles. The van der Waals surface area contributed by atoms with Gasteiger partial charge in [0.1, 0.15) is 5.75 Å². The molecule has 0 unspecified atom stereocenters. The smallest absolute Gasteiger partial charge is 0.274 e. The number of methoxy groups -OCH3 is 1. The number of ether oxygens (including phenoxy) is 1. The zero-order valence-corrected chi connectivity index (χ0v) is 16.7. The predicted octanol–water partition coefficient (Wildman–Crippen LogP) is 4.46. The second-order valence-electron chi connectivity index (χ2n) is 6.38. The van der Waals surface area contributed by atoms with Crippen molar-refractivity contribution >= 4 is 29.0 Å². The average molecular weight is 397 g/mol. The number of hydrogen-bond acceptors (Lipinski definition) is 5. The maximum absolute atomic E-state index is 12.6. The quantitative estimate of drug-likeness (QED) is 0.666. The summed E-state index contributed by atoms with van der Waals surface area (Å²) in [4.78, 5) is 14.2. The number of anilines is 2. The molecule has 1 N–H and O–H groups in total. The molecular formula is C21H21ClN4O2. The minimum atomic E-state index is -0.192. The molecule has 0 spiro atoms. The van der Waals surface area contributed by atoms with Crippen molar-refractivity contribution < 1.29 is 9.53 Å². The van der Waals surface area contributed by atoms with Crippen LogP contribution in [-0.4, -0.2) is 35.2 Å². The highest BCUT2D eigenvalue weighted by Crippen LogP contribution is 2.32. The number of benzene rings is 2. The Hall–Kier alpha value is -3.12. The van der Waals surface area contributed by atoms with E-state index in [2.05, 4.69) is 15.5 Å². The van der Waals surface area contributed by atoms with Crippen LogP contribution in [0.15, 0.2) is 54.6 Å². The number of nitrogens with zero attached hydrogens (tertiary/aromatic N) is 3. The lowest BCUT2D eigenvalue weighted by Gasteiger charge is -2.17. The number of aryl methyl sites for hydroxylation is 1. The highest BCUT2D eigenvalue weighted by Gasteiger charge is 2.15. The number of amides is 1. The molecule has 7 heteroatoms. The Morgan fingerprint density at radius 1 is 1.14 bits per heavy atom. The molecule has 0 fully saturated rings. The molecule has 0 radical (unpaired) electrons. The number of rotatable bonds is 6. The van der Waals surface area contributed by atoms with Crippen LogP contribution in [-0.2, 0) is 6.54 Å². The maximum atomic E-state index is 12.6. The molecule has 0 aliphatic carbocycles. The summed E-state index contributed by atoms with van der Waals surface area (Å²) in [6.45, 7) is 2.41. The predicted molar refractivity (Wildman–Crippen MR) is 110 cm³/mol. The highest BCUT2D eigenvalue weighted by atomic mass is 35.5. The van der Waals surface area contributed by atoms with Gasteiger partial charge in [-0.2, -0.15) is 0 Å². The summed E-state index contributed by atoms with van der Waals surface area (Å²) in [7, 11) is 3.31. The van der Waals surface area contributed by atoms with E-state index < -0.39 is 0 Å². The Balaban J connectivity index is 1.71. The highest BCUT2D eigenvalue weighted by molar-refractivity contribution is 6.31. The van der Waals surface area contributed by atoms with Crippen LogP contribution in [0.5, 0.6) is 5.75 Å². The third-order valence-corrected chi connectivity index (χ3v) is 4.64. The number of hydrogen-bond donors (Lipinski definition) is 1. The first-order valence-corrected chi connectivity index (χ1v) is 9.10. The second-order valence-corrected chi connectivity index (χ2v) is 6.78. The standard InChI is InChI=1S/C21H21ClN4O2/c1-14-11-18(19(28-3)12-16(14)22)23-20-10-9-17(24-25-20)21(27)26(2)13-15-7-5-4-6-8-15/h4-12H,13H2,1-3H3,(H,23,25).